The SMILES string of the molecule is Cc1cncc(C(=O)N2CCCN(c3ccnc(C(N)=O)c3)CC2)c1. The fraction of sp³-hybridized carbons (Fsp3) is 0.333. The number of anilines is 1. The normalized spacial score (nSPS) is 14.9. The average molecular weight is 339 g/mol. The van der Waals surface area contributed by atoms with Gasteiger partial charge in [0, 0.05) is 50.5 Å². The molecule has 3 heterocycles. The molecule has 7 nitrogen and oxygen atoms in total. The molecule has 1 fully saturated rings. The summed E-state index contributed by atoms with van der Waals surface area (Å²) in [5, 5.41) is 0. The Morgan fingerprint density at radius 1 is 1.12 bits per heavy atom. The predicted molar refractivity (Wildman–Crippen MR) is 94.5 cm³/mol. The molecule has 2 aromatic heterocycles. The lowest BCUT2D eigenvalue weighted by atomic mass is 10.2. The molecular weight excluding hydrogens is 318 g/mol. The number of rotatable bonds is 3. The van der Waals surface area contributed by atoms with Crippen LogP contribution in [0.5, 0.6) is 0 Å². The molecule has 1 saturated heterocycles. The van der Waals surface area contributed by atoms with Crippen molar-refractivity contribution in [3.8, 4) is 0 Å². The van der Waals surface area contributed by atoms with Crippen molar-refractivity contribution in [2.45, 2.75) is 13.3 Å². The van der Waals surface area contributed by atoms with E-state index in [9.17, 15) is 9.59 Å². The maximum atomic E-state index is 12.7. The predicted octanol–water partition coefficient (Wildman–Crippen LogP) is 1.24. The maximum Gasteiger partial charge on any atom is 0.267 e. The second-order valence-electron chi connectivity index (χ2n) is 6.15. The fourth-order valence-corrected chi connectivity index (χ4v) is 2.98. The number of hydrogen-bond acceptors (Lipinski definition) is 5. The Hall–Kier alpha value is -2.96. The van der Waals surface area contributed by atoms with Crippen LogP contribution in [0.25, 0.3) is 0 Å². The first-order valence-electron chi connectivity index (χ1n) is 8.26. The number of hydrogen-bond donors (Lipinski definition) is 1. The molecule has 7 heteroatoms. The number of amides is 2. The number of aromatic nitrogens is 2. The van der Waals surface area contributed by atoms with Crippen molar-refractivity contribution in [2.75, 3.05) is 31.1 Å². The number of carbonyl (C=O) groups excluding carboxylic acids is 2. The van der Waals surface area contributed by atoms with Gasteiger partial charge in [0.25, 0.3) is 11.8 Å². The van der Waals surface area contributed by atoms with Gasteiger partial charge in [-0.1, -0.05) is 0 Å². The highest BCUT2D eigenvalue weighted by Gasteiger charge is 2.21. The van der Waals surface area contributed by atoms with Crippen LogP contribution in [0.15, 0.2) is 36.8 Å². The molecule has 2 amide bonds. The standard InChI is InChI=1S/C18H21N5O2/c1-13-9-14(12-20-11-13)18(25)23-6-2-5-22(7-8-23)15-3-4-21-16(10-15)17(19)24/h3-4,9-12H,2,5-8H2,1H3,(H2,19,24). The molecule has 0 radical (unpaired) electrons. The Morgan fingerprint density at radius 3 is 2.72 bits per heavy atom. The fourth-order valence-electron chi connectivity index (χ4n) is 2.98. The zero-order valence-electron chi connectivity index (χ0n) is 14.2. The van der Waals surface area contributed by atoms with E-state index < -0.39 is 5.91 Å². The highest BCUT2D eigenvalue weighted by molar-refractivity contribution is 5.94. The zero-order valence-corrected chi connectivity index (χ0v) is 14.2. The molecule has 0 aliphatic carbocycles. The Morgan fingerprint density at radius 2 is 1.96 bits per heavy atom. The molecule has 2 N–H and O–H groups in total. The summed E-state index contributed by atoms with van der Waals surface area (Å²) in [7, 11) is 0. The molecule has 130 valence electrons. The van der Waals surface area contributed by atoms with Crippen molar-refractivity contribution < 1.29 is 9.59 Å². The smallest absolute Gasteiger partial charge is 0.267 e. The van der Waals surface area contributed by atoms with E-state index in [1.54, 1.807) is 24.7 Å². The average Bonchev–Trinajstić information content (AvgIpc) is 2.87. The van der Waals surface area contributed by atoms with Crippen LogP contribution in [0.3, 0.4) is 0 Å². The van der Waals surface area contributed by atoms with Crippen LogP contribution in [-0.2, 0) is 0 Å². The zero-order chi connectivity index (χ0) is 17.8. The van der Waals surface area contributed by atoms with E-state index in [1.165, 1.54) is 0 Å². The number of nitrogens with zero attached hydrogens (tertiary/aromatic N) is 4. The first-order chi connectivity index (χ1) is 12.0. The van der Waals surface area contributed by atoms with E-state index in [1.807, 2.05) is 24.0 Å². The van der Waals surface area contributed by atoms with E-state index in [-0.39, 0.29) is 11.6 Å². The summed E-state index contributed by atoms with van der Waals surface area (Å²) in [5.41, 5.74) is 8.04. The van der Waals surface area contributed by atoms with E-state index in [4.69, 9.17) is 5.73 Å². The minimum absolute atomic E-state index is 0.00519. The van der Waals surface area contributed by atoms with Crippen molar-refractivity contribution in [2.24, 2.45) is 5.73 Å². The van der Waals surface area contributed by atoms with E-state index in [2.05, 4.69) is 14.9 Å². The second kappa shape index (κ2) is 7.29. The summed E-state index contributed by atoms with van der Waals surface area (Å²) < 4.78 is 0. The number of primary amides is 1. The number of aryl methyl sites for hydroxylation is 1. The molecule has 3 rings (SSSR count). The molecule has 25 heavy (non-hydrogen) atoms. The highest BCUT2D eigenvalue weighted by Crippen LogP contribution is 2.18. The minimum atomic E-state index is -0.541. The minimum Gasteiger partial charge on any atom is -0.370 e. The molecule has 0 saturated carbocycles. The molecular formula is C18H21N5O2. The van der Waals surface area contributed by atoms with Gasteiger partial charge >= 0.3 is 0 Å². The molecule has 0 aromatic carbocycles. The molecule has 0 atom stereocenters. The van der Waals surface area contributed by atoms with Gasteiger partial charge in [0.15, 0.2) is 0 Å². The lowest BCUT2D eigenvalue weighted by molar-refractivity contribution is 0.0766. The summed E-state index contributed by atoms with van der Waals surface area (Å²) in [5.74, 6) is -0.536. The Kier molecular flexibility index (Phi) is 4.92. The van der Waals surface area contributed by atoms with E-state index in [0.717, 1.165) is 24.2 Å². The number of pyridine rings is 2. The Bertz CT molecular complexity index is 793. The Balaban J connectivity index is 1.71. The highest BCUT2D eigenvalue weighted by atomic mass is 16.2. The monoisotopic (exact) mass is 339 g/mol. The van der Waals surface area contributed by atoms with Crippen LogP contribution >= 0.6 is 0 Å². The first-order valence-corrected chi connectivity index (χ1v) is 8.26. The molecule has 0 bridgehead atoms. The van der Waals surface area contributed by atoms with Gasteiger partial charge < -0.3 is 15.5 Å². The first kappa shape index (κ1) is 16.9. The van der Waals surface area contributed by atoms with Crippen LogP contribution in [-0.4, -0.2) is 52.9 Å². The van der Waals surface area contributed by atoms with Gasteiger partial charge in [-0.25, -0.2) is 0 Å². The van der Waals surface area contributed by atoms with Gasteiger partial charge in [0.05, 0.1) is 5.56 Å². The summed E-state index contributed by atoms with van der Waals surface area (Å²) in [6.45, 7) is 4.72. The van der Waals surface area contributed by atoms with E-state index >= 15 is 0 Å². The second-order valence-corrected chi connectivity index (χ2v) is 6.15. The lowest BCUT2D eigenvalue weighted by Crippen LogP contribution is -2.35. The lowest BCUT2D eigenvalue weighted by Gasteiger charge is -2.24. The summed E-state index contributed by atoms with van der Waals surface area (Å²) >= 11 is 0. The quantitative estimate of drug-likeness (QED) is 0.908. The van der Waals surface area contributed by atoms with Crippen LogP contribution in [0.1, 0.15) is 32.8 Å². The third-order valence-electron chi connectivity index (χ3n) is 4.27. The van der Waals surface area contributed by atoms with Crippen LogP contribution < -0.4 is 10.6 Å². The van der Waals surface area contributed by atoms with Crippen LogP contribution in [0.2, 0.25) is 0 Å². The molecule has 2 aromatic rings. The third-order valence-corrected chi connectivity index (χ3v) is 4.27. The molecule has 1 aliphatic rings. The van der Waals surface area contributed by atoms with Gasteiger partial charge in [-0.05, 0) is 37.1 Å². The van der Waals surface area contributed by atoms with Crippen molar-refractivity contribution in [3.63, 3.8) is 0 Å². The van der Waals surface area contributed by atoms with Crippen molar-refractivity contribution in [1.82, 2.24) is 14.9 Å². The molecule has 0 unspecified atom stereocenters. The van der Waals surface area contributed by atoms with Gasteiger partial charge in [0.1, 0.15) is 5.69 Å². The Labute approximate surface area is 146 Å². The maximum absolute atomic E-state index is 12.7. The van der Waals surface area contributed by atoms with Gasteiger partial charge in [0.2, 0.25) is 0 Å². The largest absolute Gasteiger partial charge is 0.370 e. The van der Waals surface area contributed by atoms with Crippen molar-refractivity contribution >= 4 is 17.5 Å². The van der Waals surface area contributed by atoms with Crippen LogP contribution in [0, 0.1) is 6.92 Å². The topological polar surface area (TPSA) is 92.4 Å². The van der Waals surface area contributed by atoms with Crippen LogP contribution in [0.4, 0.5) is 5.69 Å². The molecule has 0 spiro atoms. The molecule has 1 aliphatic heterocycles. The third kappa shape index (κ3) is 3.93. The van der Waals surface area contributed by atoms with Gasteiger partial charge in [-0.2, -0.15) is 0 Å². The van der Waals surface area contributed by atoms with Gasteiger partial charge in [-0.3, -0.25) is 19.6 Å². The summed E-state index contributed by atoms with van der Waals surface area (Å²) in [4.78, 5) is 36.1. The van der Waals surface area contributed by atoms with Crippen molar-refractivity contribution in [3.05, 3.63) is 53.6 Å². The van der Waals surface area contributed by atoms with Crippen molar-refractivity contribution in [1.29, 1.82) is 0 Å². The van der Waals surface area contributed by atoms with Gasteiger partial charge in [-0.15, -0.1) is 0 Å². The van der Waals surface area contributed by atoms with E-state index in [0.29, 0.717) is 25.2 Å². The summed E-state index contributed by atoms with van der Waals surface area (Å²) in [6.07, 6.45) is 5.78. The number of nitrogens with two attached hydrogens (primary N) is 1. The summed E-state index contributed by atoms with van der Waals surface area (Å²) in [6, 6.07) is 5.42. The number of carbonyl (C=O) groups is 2.